The molecule has 0 spiro atoms. The minimum atomic E-state index is -1.44. The third-order valence-corrected chi connectivity index (χ3v) is 7.98. The van der Waals surface area contributed by atoms with Crippen molar-refractivity contribution in [1.82, 2.24) is 0 Å². The molecule has 2 amide bonds. The van der Waals surface area contributed by atoms with Crippen LogP contribution in [0.5, 0.6) is 0 Å². The Bertz CT molecular complexity index is 1370. The Balaban J connectivity index is 1.52. The Kier molecular flexibility index (Phi) is 7.55. The molecule has 1 aliphatic carbocycles. The quantitative estimate of drug-likeness (QED) is 0.155. The molecule has 0 radical (unpaired) electrons. The van der Waals surface area contributed by atoms with Gasteiger partial charge in [-0.15, -0.1) is 23.2 Å². The highest BCUT2D eigenvalue weighted by Gasteiger charge is 2.67. The smallest absolute Gasteiger partial charge is 0.257 e. The second kappa shape index (κ2) is 10.0. The Morgan fingerprint density at radius 2 is 1.42 bits per heavy atom. The maximum atomic E-state index is 13.7. The van der Waals surface area contributed by atoms with E-state index in [4.69, 9.17) is 75.3 Å². The molecule has 3 aromatic rings. The number of carbonyl (C=O) groups excluding carboxylic acids is 2. The van der Waals surface area contributed by atoms with Crippen molar-refractivity contribution in [1.29, 1.82) is 0 Å². The van der Waals surface area contributed by atoms with E-state index in [0.29, 0.717) is 5.56 Å². The van der Waals surface area contributed by atoms with Crippen molar-refractivity contribution >= 4 is 98.5 Å². The Hall–Kier alpha value is -2.00. The van der Waals surface area contributed by atoms with Gasteiger partial charge in [0.25, 0.3) is 5.91 Å². The number of carbonyl (C=O) groups is 2. The Morgan fingerprint density at radius 3 is 2.00 bits per heavy atom. The summed E-state index contributed by atoms with van der Waals surface area (Å²) in [6.07, 6.45) is 0. The molecule has 188 valence electrons. The first-order chi connectivity index (χ1) is 16.8. The number of hydrogen-bond donors (Lipinski definition) is 3. The van der Waals surface area contributed by atoms with Crippen molar-refractivity contribution in [2.75, 3.05) is 16.4 Å². The van der Waals surface area contributed by atoms with E-state index < -0.39 is 45.3 Å². The highest BCUT2D eigenvalue weighted by molar-refractivity contribution is 6.54. The standard InChI is InChI=1S/C23H13Cl6F2N3O2/c24-12-2-1-9(5-11(12)21(35)34-10-6-15(30)20(32)16(31)7-10)33-22(36)18-17(23(18,28)29)8-3-13(25)19(27)14(26)4-8/h1-7,17-18H,32H2,(H,33,36)(H,34,35)/t17-,18?/m0/s1. The molecule has 0 heterocycles. The second-order valence-corrected chi connectivity index (χ2v) is 11.0. The van der Waals surface area contributed by atoms with Gasteiger partial charge in [0, 0.05) is 17.3 Å². The van der Waals surface area contributed by atoms with Gasteiger partial charge in [0.15, 0.2) is 11.6 Å². The van der Waals surface area contributed by atoms with E-state index in [1.165, 1.54) is 30.3 Å². The van der Waals surface area contributed by atoms with Crippen LogP contribution in [0.25, 0.3) is 0 Å². The normalized spacial score (nSPS) is 18.0. The average molecular weight is 614 g/mol. The molecule has 4 rings (SSSR count). The van der Waals surface area contributed by atoms with Crippen LogP contribution in [0, 0.1) is 17.6 Å². The summed E-state index contributed by atoms with van der Waals surface area (Å²) in [5.74, 6) is -4.89. The number of halogens is 8. The van der Waals surface area contributed by atoms with E-state index in [-0.39, 0.29) is 37.0 Å². The maximum Gasteiger partial charge on any atom is 0.257 e. The fourth-order valence-electron chi connectivity index (χ4n) is 3.67. The Labute approximate surface area is 233 Å². The van der Waals surface area contributed by atoms with Crippen LogP contribution in [0.4, 0.5) is 25.8 Å². The summed E-state index contributed by atoms with van der Waals surface area (Å²) < 4.78 is 26.0. The largest absolute Gasteiger partial charge is 0.394 e. The third-order valence-electron chi connectivity index (χ3n) is 5.52. The van der Waals surface area contributed by atoms with E-state index in [9.17, 15) is 18.4 Å². The molecule has 1 unspecified atom stereocenters. The molecule has 1 fully saturated rings. The van der Waals surface area contributed by atoms with Crippen LogP contribution in [0.2, 0.25) is 20.1 Å². The molecule has 0 bridgehead atoms. The van der Waals surface area contributed by atoms with Crippen molar-refractivity contribution in [3.05, 3.63) is 85.3 Å². The summed E-state index contributed by atoms with van der Waals surface area (Å²) in [5.41, 5.74) is 5.04. The molecule has 0 saturated heterocycles. The number of rotatable bonds is 5. The van der Waals surface area contributed by atoms with Crippen LogP contribution in [0.15, 0.2) is 42.5 Å². The molecule has 1 aliphatic rings. The lowest BCUT2D eigenvalue weighted by molar-refractivity contribution is -0.117. The SMILES string of the molecule is Nc1c(F)cc(NC(=O)c2cc(NC(=O)C3[C@H](c4cc(Cl)c(Cl)c(Cl)c4)C3(Cl)Cl)ccc2Cl)cc1F. The molecule has 0 aromatic heterocycles. The molecule has 36 heavy (non-hydrogen) atoms. The monoisotopic (exact) mass is 611 g/mol. The van der Waals surface area contributed by atoms with Crippen LogP contribution in [0.3, 0.4) is 0 Å². The van der Waals surface area contributed by atoms with Crippen molar-refractivity contribution in [2.24, 2.45) is 5.92 Å². The molecule has 13 heteroatoms. The fraction of sp³-hybridized carbons (Fsp3) is 0.130. The van der Waals surface area contributed by atoms with E-state index >= 15 is 0 Å². The summed E-state index contributed by atoms with van der Waals surface area (Å²) >= 11 is 37.0. The molecule has 0 aliphatic heterocycles. The fourth-order valence-corrected chi connectivity index (χ4v) is 5.32. The van der Waals surface area contributed by atoms with Crippen LogP contribution in [0.1, 0.15) is 21.8 Å². The third kappa shape index (κ3) is 5.19. The second-order valence-electron chi connectivity index (χ2n) is 7.92. The highest BCUT2D eigenvalue weighted by Crippen LogP contribution is 2.65. The summed E-state index contributed by atoms with van der Waals surface area (Å²) in [6.45, 7) is 0. The first kappa shape index (κ1) is 27.0. The first-order valence-electron chi connectivity index (χ1n) is 9.99. The molecule has 5 nitrogen and oxygen atoms in total. The summed E-state index contributed by atoms with van der Waals surface area (Å²) in [4.78, 5) is 25.7. The lowest BCUT2D eigenvalue weighted by atomic mass is 10.1. The molecule has 2 atom stereocenters. The van der Waals surface area contributed by atoms with Crippen LogP contribution in [-0.4, -0.2) is 16.1 Å². The van der Waals surface area contributed by atoms with Gasteiger partial charge in [-0.3, -0.25) is 9.59 Å². The number of amides is 2. The highest BCUT2D eigenvalue weighted by atomic mass is 35.5. The predicted molar refractivity (Wildman–Crippen MR) is 141 cm³/mol. The number of anilines is 3. The van der Waals surface area contributed by atoms with Gasteiger partial charge in [0.05, 0.1) is 31.6 Å². The minimum Gasteiger partial charge on any atom is -0.394 e. The Morgan fingerprint density at radius 1 is 0.833 bits per heavy atom. The van der Waals surface area contributed by atoms with Gasteiger partial charge in [-0.1, -0.05) is 46.4 Å². The van der Waals surface area contributed by atoms with Crippen LogP contribution >= 0.6 is 69.6 Å². The lowest BCUT2D eigenvalue weighted by Gasteiger charge is -2.11. The van der Waals surface area contributed by atoms with Gasteiger partial charge in [-0.2, -0.15) is 0 Å². The average Bonchev–Trinajstić information content (AvgIpc) is 3.38. The van der Waals surface area contributed by atoms with Gasteiger partial charge < -0.3 is 16.4 Å². The predicted octanol–water partition coefficient (Wildman–Crippen LogP) is 7.94. The van der Waals surface area contributed by atoms with Gasteiger partial charge in [0.1, 0.15) is 10.0 Å². The van der Waals surface area contributed by atoms with Gasteiger partial charge in [0.2, 0.25) is 5.91 Å². The summed E-state index contributed by atoms with van der Waals surface area (Å²) in [6, 6.07) is 8.89. The van der Waals surface area contributed by atoms with Gasteiger partial charge in [-0.25, -0.2) is 8.78 Å². The molecule has 4 N–H and O–H groups in total. The van der Waals surface area contributed by atoms with Crippen molar-refractivity contribution in [3.63, 3.8) is 0 Å². The zero-order chi connectivity index (χ0) is 26.5. The molecule has 1 saturated carbocycles. The van der Waals surface area contributed by atoms with E-state index in [2.05, 4.69) is 10.6 Å². The zero-order valence-corrected chi connectivity index (χ0v) is 22.1. The molecular formula is C23H13Cl6F2N3O2. The van der Waals surface area contributed by atoms with Crippen molar-refractivity contribution < 1.29 is 18.4 Å². The molecule has 3 aromatic carbocycles. The zero-order valence-electron chi connectivity index (χ0n) is 17.6. The number of nitrogens with one attached hydrogen (secondary N) is 2. The van der Waals surface area contributed by atoms with Crippen molar-refractivity contribution in [3.8, 4) is 0 Å². The lowest BCUT2D eigenvalue weighted by Crippen LogP contribution is -2.18. The topological polar surface area (TPSA) is 84.2 Å². The minimum absolute atomic E-state index is 0.0284. The summed E-state index contributed by atoms with van der Waals surface area (Å²) in [7, 11) is 0. The van der Waals surface area contributed by atoms with E-state index in [1.54, 1.807) is 0 Å². The number of nitrogens with two attached hydrogens (primary N) is 1. The number of nitrogen functional groups attached to an aromatic ring is 1. The summed E-state index contributed by atoms with van der Waals surface area (Å²) in [5, 5.41) is 5.53. The number of hydrogen-bond acceptors (Lipinski definition) is 3. The van der Waals surface area contributed by atoms with Gasteiger partial charge in [-0.05, 0) is 48.0 Å². The number of alkyl halides is 2. The number of benzene rings is 3. The van der Waals surface area contributed by atoms with Gasteiger partial charge >= 0.3 is 0 Å². The van der Waals surface area contributed by atoms with Crippen LogP contribution in [-0.2, 0) is 4.79 Å². The van der Waals surface area contributed by atoms with E-state index in [1.807, 2.05) is 0 Å². The maximum absolute atomic E-state index is 13.7. The first-order valence-corrected chi connectivity index (χ1v) is 12.3. The van der Waals surface area contributed by atoms with Crippen LogP contribution < -0.4 is 16.4 Å². The molecular weight excluding hydrogens is 601 g/mol. The van der Waals surface area contributed by atoms with Crippen molar-refractivity contribution in [2.45, 2.75) is 10.3 Å². The van der Waals surface area contributed by atoms with E-state index in [0.717, 1.165) is 12.1 Å².